The van der Waals surface area contributed by atoms with Crippen molar-refractivity contribution in [3.63, 3.8) is 0 Å². The molecule has 0 spiro atoms. The number of carbonyl (C=O) groups is 2. The Hall–Kier alpha value is -3.11. The molecule has 0 fully saturated rings. The molecule has 1 aromatic heterocycles. The summed E-state index contributed by atoms with van der Waals surface area (Å²) in [5.41, 5.74) is 7.06. The minimum atomic E-state index is -1.15. The van der Waals surface area contributed by atoms with Gasteiger partial charge in [0.2, 0.25) is 0 Å². The number of rotatable bonds is 5. The van der Waals surface area contributed by atoms with E-state index in [0.717, 1.165) is 3.79 Å². The van der Waals surface area contributed by atoms with Crippen molar-refractivity contribution >= 4 is 55.8 Å². The van der Waals surface area contributed by atoms with Crippen LogP contribution in [0.3, 0.4) is 0 Å². The topological polar surface area (TPSA) is 127 Å². The summed E-state index contributed by atoms with van der Waals surface area (Å²) >= 11 is 4.58. The van der Waals surface area contributed by atoms with Crippen molar-refractivity contribution in [2.24, 2.45) is 0 Å². The third-order valence-electron chi connectivity index (χ3n) is 3.30. The lowest BCUT2D eigenvalue weighted by Crippen LogP contribution is -2.12. The van der Waals surface area contributed by atoms with E-state index in [0.29, 0.717) is 27.9 Å². The number of nitrogen functional groups attached to an aromatic ring is 1. The second-order valence-electron chi connectivity index (χ2n) is 5.23. The van der Waals surface area contributed by atoms with Gasteiger partial charge in [0, 0.05) is 11.3 Å². The van der Waals surface area contributed by atoms with E-state index in [4.69, 9.17) is 15.6 Å². The first-order valence-corrected chi connectivity index (χ1v) is 9.12. The summed E-state index contributed by atoms with van der Waals surface area (Å²) < 4.78 is 6.49. The molecule has 1 heterocycles. The van der Waals surface area contributed by atoms with Crippen LogP contribution in [-0.2, 0) is 0 Å². The van der Waals surface area contributed by atoms with Crippen molar-refractivity contribution in [3.05, 3.63) is 58.0 Å². The van der Waals surface area contributed by atoms with E-state index in [1.807, 2.05) is 0 Å². The Morgan fingerprint density at radius 3 is 2.48 bits per heavy atom. The van der Waals surface area contributed by atoms with E-state index in [-0.39, 0.29) is 11.6 Å². The third kappa shape index (κ3) is 4.96. The van der Waals surface area contributed by atoms with Gasteiger partial charge in [-0.15, -0.1) is 0 Å². The molecule has 2 aromatic carbocycles. The molecule has 0 aliphatic carbocycles. The van der Waals surface area contributed by atoms with E-state index in [9.17, 15) is 9.59 Å². The van der Waals surface area contributed by atoms with E-state index in [1.54, 1.807) is 42.6 Å². The quantitative estimate of drug-likeness (QED) is 0.421. The molecular weight excluding hydrogens is 436 g/mol. The van der Waals surface area contributed by atoms with Crippen molar-refractivity contribution in [1.82, 2.24) is 4.98 Å². The molecule has 0 radical (unpaired) electrons. The van der Waals surface area contributed by atoms with Gasteiger partial charge in [0.25, 0.3) is 5.91 Å². The molecule has 3 rings (SSSR count). The van der Waals surface area contributed by atoms with Crippen molar-refractivity contribution in [1.29, 1.82) is 0 Å². The van der Waals surface area contributed by atoms with E-state index >= 15 is 0 Å². The minimum absolute atomic E-state index is 0.288. The fraction of sp³-hybridized carbons (Fsp3) is 0. The second kappa shape index (κ2) is 8.06. The molecule has 27 heavy (non-hydrogen) atoms. The number of nitrogens with two attached hydrogens (primary N) is 1. The summed E-state index contributed by atoms with van der Waals surface area (Å²) in [5.74, 6) is 0.518. The highest BCUT2D eigenvalue weighted by atomic mass is 79.9. The highest BCUT2D eigenvalue weighted by Crippen LogP contribution is 2.30. The highest BCUT2D eigenvalue weighted by molar-refractivity contribution is 9.11. The van der Waals surface area contributed by atoms with Gasteiger partial charge in [-0.25, -0.2) is 9.78 Å². The van der Waals surface area contributed by atoms with Crippen LogP contribution in [-0.4, -0.2) is 22.1 Å². The molecule has 0 atom stereocenters. The lowest BCUT2D eigenvalue weighted by Gasteiger charge is -2.10. The molecule has 3 aromatic rings. The average molecular weight is 449 g/mol. The van der Waals surface area contributed by atoms with Gasteiger partial charge < -0.3 is 15.6 Å². The van der Waals surface area contributed by atoms with Crippen LogP contribution in [0.2, 0.25) is 0 Å². The van der Waals surface area contributed by atoms with Gasteiger partial charge in [0.1, 0.15) is 11.5 Å². The molecule has 5 N–H and O–H groups in total. The van der Waals surface area contributed by atoms with Crippen LogP contribution in [0.25, 0.3) is 0 Å². The number of benzene rings is 2. The molecule has 2 amide bonds. The Morgan fingerprint density at radius 1 is 1.15 bits per heavy atom. The number of hydrogen-bond donors (Lipinski definition) is 4. The van der Waals surface area contributed by atoms with E-state index in [1.165, 1.54) is 17.4 Å². The predicted octanol–water partition coefficient (Wildman–Crippen LogP) is 4.62. The van der Waals surface area contributed by atoms with Crippen LogP contribution in [0.5, 0.6) is 11.5 Å². The number of anilines is 3. The number of ether oxygens (including phenoxy) is 1. The van der Waals surface area contributed by atoms with Gasteiger partial charge in [0.05, 0.1) is 15.7 Å². The second-order valence-corrected chi connectivity index (χ2v) is 7.64. The molecule has 0 unspecified atom stereocenters. The fourth-order valence-corrected chi connectivity index (χ4v) is 3.22. The number of carboxylic acid groups (broad SMARTS) is 1. The van der Waals surface area contributed by atoms with Gasteiger partial charge in [-0.05, 0) is 58.4 Å². The van der Waals surface area contributed by atoms with Crippen molar-refractivity contribution in [2.75, 3.05) is 16.4 Å². The number of hydrogen-bond acceptors (Lipinski definition) is 6. The van der Waals surface area contributed by atoms with Crippen molar-refractivity contribution in [2.45, 2.75) is 0 Å². The number of thiazole rings is 1. The molecule has 138 valence electrons. The fourth-order valence-electron chi connectivity index (χ4n) is 2.12. The zero-order valence-electron chi connectivity index (χ0n) is 13.6. The lowest BCUT2D eigenvalue weighted by atomic mass is 10.1. The Labute approximate surface area is 166 Å². The number of nitrogens with one attached hydrogen (secondary N) is 2. The van der Waals surface area contributed by atoms with Crippen LogP contribution in [0.4, 0.5) is 21.3 Å². The van der Waals surface area contributed by atoms with Crippen molar-refractivity contribution in [3.8, 4) is 11.5 Å². The third-order valence-corrected chi connectivity index (χ3v) is 4.69. The largest absolute Gasteiger partial charge is 0.465 e. The Morgan fingerprint density at radius 2 is 1.89 bits per heavy atom. The van der Waals surface area contributed by atoms with E-state index < -0.39 is 6.09 Å². The van der Waals surface area contributed by atoms with E-state index in [2.05, 4.69) is 31.5 Å². The standard InChI is InChI=1S/C17H13BrN4O4S/c18-14-8-20-16(27-14)22-15(23)9-1-6-13(12(19)7-9)26-11-4-2-10(3-5-11)21-17(24)25/h1-8,21H,19H2,(H,24,25)(H,20,22,23). The molecule has 0 saturated carbocycles. The summed E-state index contributed by atoms with van der Waals surface area (Å²) in [7, 11) is 0. The number of amides is 2. The number of aromatic nitrogens is 1. The molecule has 8 nitrogen and oxygen atoms in total. The Kier molecular flexibility index (Phi) is 5.57. The summed E-state index contributed by atoms with van der Waals surface area (Å²) in [6.07, 6.45) is 0.454. The SMILES string of the molecule is Nc1cc(C(=O)Nc2ncc(Br)s2)ccc1Oc1ccc(NC(=O)O)cc1. The first-order valence-electron chi connectivity index (χ1n) is 7.51. The maximum absolute atomic E-state index is 12.3. The minimum Gasteiger partial charge on any atom is -0.465 e. The van der Waals surface area contributed by atoms with Gasteiger partial charge >= 0.3 is 6.09 Å². The monoisotopic (exact) mass is 448 g/mol. The predicted molar refractivity (Wildman–Crippen MR) is 107 cm³/mol. The zero-order chi connectivity index (χ0) is 19.4. The van der Waals surface area contributed by atoms with Crippen LogP contribution < -0.4 is 21.1 Å². The maximum Gasteiger partial charge on any atom is 0.409 e. The zero-order valence-corrected chi connectivity index (χ0v) is 16.0. The van der Waals surface area contributed by atoms with Crippen molar-refractivity contribution < 1.29 is 19.4 Å². The molecule has 0 bridgehead atoms. The number of carbonyl (C=O) groups excluding carboxylic acids is 1. The summed E-state index contributed by atoms with van der Waals surface area (Å²) in [6, 6.07) is 11.0. The highest BCUT2D eigenvalue weighted by Gasteiger charge is 2.12. The maximum atomic E-state index is 12.3. The van der Waals surface area contributed by atoms with Gasteiger partial charge in [0.15, 0.2) is 5.13 Å². The van der Waals surface area contributed by atoms with Gasteiger partial charge in [-0.1, -0.05) is 11.3 Å². The lowest BCUT2D eigenvalue weighted by molar-refractivity contribution is 0.102. The number of nitrogens with zero attached hydrogens (tertiary/aromatic N) is 1. The van der Waals surface area contributed by atoms with Crippen LogP contribution in [0.15, 0.2) is 52.4 Å². The van der Waals surface area contributed by atoms with Gasteiger partial charge in [-0.2, -0.15) is 0 Å². The molecule has 0 aliphatic heterocycles. The Bertz CT molecular complexity index is 991. The number of halogens is 1. The molecule has 0 aliphatic rings. The molecular formula is C17H13BrN4O4S. The summed E-state index contributed by atoms with van der Waals surface area (Å²) in [4.78, 5) is 26.9. The summed E-state index contributed by atoms with van der Waals surface area (Å²) in [6.45, 7) is 0. The van der Waals surface area contributed by atoms with Gasteiger partial charge in [-0.3, -0.25) is 15.4 Å². The van der Waals surface area contributed by atoms with Crippen LogP contribution in [0, 0.1) is 0 Å². The first kappa shape index (κ1) is 18.7. The smallest absolute Gasteiger partial charge is 0.409 e. The Balaban J connectivity index is 1.69. The van der Waals surface area contributed by atoms with Crippen LogP contribution in [0.1, 0.15) is 10.4 Å². The molecule has 10 heteroatoms. The normalized spacial score (nSPS) is 10.3. The first-order chi connectivity index (χ1) is 12.9. The molecule has 0 saturated heterocycles. The average Bonchev–Trinajstić information content (AvgIpc) is 3.02. The van der Waals surface area contributed by atoms with Crippen LogP contribution >= 0.6 is 27.3 Å². The summed E-state index contributed by atoms with van der Waals surface area (Å²) in [5, 5.41) is 14.1.